The maximum absolute atomic E-state index is 13.0. The highest BCUT2D eigenvalue weighted by Crippen LogP contribution is 2.30. The Kier molecular flexibility index (Phi) is 9.33. The number of piperidine rings is 2. The molecule has 0 N–H and O–H groups in total. The van der Waals surface area contributed by atoms with Gasteiger partial charge in [-0.15, -0.1) is 0 Å². The van der Waals surface area contributed by atoms with Crippen molar-refractivity contribution in [1.29, 1.82) is 0 Å². The summed E-state index contributed by atoms with van der Waals surface area (Å²) in [6.07, 6.45) is 9.18. The highest BCUT2D eigenvalue weighted by Gasteiger charge is 2.30. The molecule has 0 spiro atoms. The summed E-state index contributed by atoms with van der Waals surface area (Å²) in [6, 6.07) is 20.4. The van der Waals surface area contributed by atoms with Crippen LogP contribution in [0.4, 0.5) is 0 Å². The molecular formula is C32H39N3O4. The third-order valence-electron chi connectivity index (χ3n) is 7.86. The Morgan fingerprint density at radius 1 is 0.872 bits per heavy atom. The Labute approximate surface area is 231 Å². The summed E-state index contributed by atoms with van der Waals surface area (Å²) in [7, 11) is 1.65. The molecule has 0 aliphatic carbocycles. The number of ether oxygens (including phenoxy) is 3. The van der Waals surface area contributed by atoms with Gasteiger partial charge in [-0.2, -0.15) is 0 Å². The van der Waals surface area contributed by atoms with Gasteiger partial charge in [-0.3, -0.25) is 14.7 Å². The smallest absolute Gasteiger partial charge is 0.222 e. The molecule has 1 aromatic heterocycles. The molecule has 7 heteroatoms. The fourth-order valence-corrected chi connectivity index (χ4v) is 5.58. The van der Waals surface area contributed by atoms with Crippen LogP contribution in [0.2, 0.25) is 0 Å². The summed E-state index contributed by atoms with van der Waals surface area (Å²) < 4.78 is 17.7. The molecule has 3 heterocycles. The van der Waals surface area contributed by atoms with Crippen molar-refractivity contribution in [2.45, 2.75) is 57.3 Å². The number of methoxy groups -OCH3 is 1. The van der Waals surface area contributed by atoms with E-state index in [-0.39, 0.29) is 12.0 Å². The number of nitrogens with zero attached hydrogens (tertiary/aromatic N) is 3. The van der Waals surface area contributed by atoms with Crippen LogP contribution in [0.15, 0.2) is 73.1 Å². The fraction of sp³-hybridized carbons (Fsp3) is 0.438. The summed E-state index contributed by atoms with van der Waals surface area (Å²) >= 11 is 0. The van der Waals surface area contributed by atoms with Crippen molar-refractivity contribution in [3.8, 4) is 17.2 Å². The first-order chi connectivity index (χ1) is 19.2. The number of likely N-dealkylation sites (tertiary alicyclic amines) is 2. The highest BCUT2D eigenvalue weighted by molar-refractivity contribution is 5.76. The molecule has 7 nitrogen and oxygen atoms in total. The number of aromatic nitrogens is 1. The van der Waals surface area contributed by atoms with Crippen LogP contribution in [-0.2, 0) is 17.8 Å². The zero-order valence-corrected chi connectivity index (χ0v) is 22.8. The zero-order valence-electron chi connectivity index (χ0n) is 22.8. The van der Waals surface area contributed by atoms with Crippen molar-refractivity contribution in [3.63, 3.8) is 0 Å². The highest BCUT2D eigenvalue weighted by atomic mass is 16.5. The molecule has 2 aromatic carbocycles. The fourth-order valence-electron chi connectivity index (χ4n) is 5.58. The molecular weight excluding hydrogens is 490 g/mol. The monoisotopic (exact) mass is 529 g/mol. The van der Waals surface area contributed by atoms with E-state index in [4.69, 9.17) is 14.2 Å². The maximum Gasteiger partial charge on any atom is 0.222 e. The molecule has 0 atom stereocenters. The molecule has 2 fully saturated rings. The van der Waals surface area contributed by atoms with Gasteiger partial charge in [-0.25, -0.2) is 0 Å². The van der Waals surface area contributed by atoms with Crippen LogP contribution in [0, 0.1) is 0 Å². The van der Waals surface area contributed by atoms with Gasteiger partial charge < -0.3 is 19.1 Å². The first-order valence-electron chi connectivity index (χ1n) is 14.1. The third-order valence-corrected chi connectivity index (χ3v) is 7.86. The zero-order chi connectivity index (χ0) is 26.9. The molecule has 0 saturated carbocycles. The van der Waals surface area contributed by atoms with Gasteiger partial charge in [0.05, 0.1) is 7.11 Å². The minimum absolute atomic E-state index is 0.237. The topological polar surface area (TPSA) is 64.1 Å². The number of benzene rings is 2. The van der Waals surface area contributed by atoms with Crippen molar-refractivity contribution < 1.29 is 19.0 Å². The Balaban J connectivity index is 1.05. The lowest BCUT2D eigenvalue weighted by Gasteiger charge is -2.41. The quantitative estimate of drug-likeness (QED) is 0.363. The van der Waals surface area contributed by atoms with E-state index in [2.05, 4.69) is 9.88 Å². The van der Waals surface area contributed by atoms with Crippen LogP contribution in [0.5, 0.6) is 17.2 Å². The first-order valence-corrected chi connectivity index (χ1v) is 14.1. The molecule has 2 aliphatic rings. The molecule has 39 heavy (non-hydrogen) atoms. The van der Waals surface area contributed by atoms with Crippen LogP contribution in [0.25, 0.3) is 0 Å². The summed E-state index contributed by atoms with van der Waals surface area (Å²) in [5, 5.41) is 0. The number of carbonyl (C=O) groups is 1. The first kappa shape index (κ1) is 27.0. The summed E-state index contributed by atoms with van der Waals surface area (Å²) in [5.41, 5.74) is 2.19. The van der Waals surface area contributed by atoms with E-state index in [0.29, 0.717) is 37.0 Å². The minimum Gasteiger partial charge on any atom is -0.493 e. The molecule has 2 aliphatic heterocycles. The van der Waals surface area contributed by atoms with Crippen LogP contribution in [0.1, 0.15) is 43.2 Å². The number of aryl methyl sites for hydroxylation is 1. The van der Waals surface area contributed by atoms with E-state index < -0.39 is 0 Å². The molecule has 0 radical (unpaired) electrons. The van der Waals surface area contributed by atoms with Crippen molar-refractivity contribution in [1.82, 2.24) is 14.8 Å². The molecule has 3 aromatic rings. The number of pyridine rings is 1. The van der Waals surface area contributed by atoms with Crippen LogP contribution in [0.3, 0.4) is 0 Å². The van der Waals surface area contributed by atoms with Gasteiger partial charge in [0.15, 0.2) is 11.5 Å². The summed E-state index contributed by atoms with van der Waals surface area (Å²) in [5.74, 6) is 2.56. The maximum atomic E-state index is 13.0. The second kappa shape index (κ2) is 13.5. The summed E-state index contributed by atoms with van der Waals surface area (Å²) in [6.45, 7) is 4.26. The van der Waals surface area contributed by atoms with Gasteiger partial charge in [0.25, 0.3) is 0 Å². The van der Waals surface area contributed by atoms with Gasteiger partial charge in [0.1, 0.15) is 18.5 Å². The summed E-state index contributed by atoms with van der Waals surface area (Å²) in [4.78, 5) is 21.7. The SMILES string of the molecule is COc1ccc(CCC(=O)N2CCC(N3CCC(Oc4ccncc4)CC3)CC2)cc1OCc1ccccc1. The Morgan fingerprint density at radius 2 is 1.62 bits per heavy atom. The lowest BCUT2D eigenvalue weighted by Crippen LogP contribution is -2.50. The molecule has 2 saturated heterocycles. The van der Waals surface area contributed by atoms with Crippen molar-refractivity contribution in [2.75, 3.05) is 33.3 Å². The third kappa shape index (κ3) is 7.51. The van der Waals surface area contributed by atoms with Gasteiger partial charge in [0, 0.05) is 51.0 Å². The number of hydrogen-bond donors (Lipinski definition) is 0. The molecule has 0 unspecified atom stereocenters. The van der Waals surface area contributed by atoms with Crippen LogP contribution in [-0.4, -0.2) is 66.1 Å². The van der Waals surface area contributed by atoms with Crippen molar-refractivity contribution >= 4 is 5.91 Å². The second-order valence-corrected chi connectivity index (χ2v) is 10.4. The Bertz CT molecular complexity index is 1170. The number of hydrogen-bond acceptors (Lipinski definition) is 6. The number of amides is 1. The average Bonchev–Trinajstić information content (AvgIpc) is 3.00. The predicted octanol–water partition coefficient (Wildman–Crippen LogP) is 5.14. The lowest BCUT2D eigenvalue weighted by atomic mass is 9.98. The van der Waals surface area contributed by atoms with Crippen molar-refractivity contribution in [3.05, 3.63) is 84.2 Å². The molecule has 206 valence electrons. The minimum atomic E-state index is 0.237. The van der Waals surface area contributed by atoms with Gasteiger partial charge in [0.2, 0.25) is 5.91 Å². The number of rotatable bonds is 10. The van der Waals surface area contributed by atoms with Crippen LogP contribution < -0.4 is 14.2 Å². The lowest BCUT2D eigenvalue weighted by molar-refractivity contribution is -0.132. The van der Waals surface area contributed by atoms with E-state index in [9.17, 15) is 4.79 Å². The largest absolute Gasteiger partial charge is 0.493 e. The molecule has 0 bridgehead atoms. The standard InChI is InChI=1S/C32H39N3O4/c1-37-30-9-7-25(23-31(30)38-24-26-5-3-2-4-6-26)8-10-32(36)35-19-13-27(14-20-35)34-21-15-29(16-22-34)39-28-11-17-33-18-12-28/h2-7,9,11-12,17-18,23,27,29H,8,10,13-16,19-22,24H2,1H3. The van der Waals surface area contributed by atoms with E-state index >= 15 is 0 Å². The Morgan fingerprint density at radius 3 is 2.33 bits per heavy atom. The normalized spacial score (nSPS) is 17.1. The van der Waals surface area contributed by atoms with Crippen molar-refractivity contribution in [2.24, 2.45) is 0 Å². The van der Waals surface area contributed by atoms with E-state index in [1.54, 1.807) is 19.5 Å². The van der Waals surface area contributed by atoms with E-state index in [1.165, 1.54) is 0 Å². The Hall–Kier alpha value is -3.58. The van der Waals surface area contributed by atoms with Crippen LogP contribution >= 0.6 is 0 Å². The molecule has 5 rings (SSSR count). The molecule has 1 amide bonds. The van der Waals surface area contributed by atoms with Gasteiger partial charge in [-0.05, 0) is 67.5 Å². The van der Waals surface area contributed by atoms with Gasteiger partial charge in [-0.1, -0.05) is 36.4 Å². The second-order valence-electron chi connectivity index (χ2n) is 10.4. The predicted molar refractivity (Wildman–Crippen MR) is 151 cm³/mol. The average molecular weight is 530 g/mol. The van der Waals surface area contributed by atoms with Gasteiger partial charge >= 0.3 is 0 Å². The van der Waals surface area contributed by atoms with E-state index in [1.807, 2.05) is 65.6 Å². The number of carbonyl (C=O) groups excluding carboxylic acids is 1. The van der Waals surface area contributed by atoms with E-state index in [0.717, 1.165) is 68.7 Å².